The Hall–Kier alpha value is -4.08. The molecule has 254 valence electrons. The van der Waals surface area contributed by atoms with Crippen LogP contribution in [0.2, 0.25) is 5.02 Å². The number of benzene rings is 1. The maximum absolute atomic E-state index is 14.6. The summed E-state index contributed by atoms with van der Waals surface area (Å²) < 4.78 is 1.66. The van der Waals surface area contributed by atoms with E-state index in [2.05, 4.69) is 64.0 Å². The van der Waals surface area contributed by atoms with Crippen molar-refractivity contribution >= 4 is 34.4 Å². The molecule has 1 aromatic carbocycles. The zero-order valence-electron chi connectivity index (χ0n) is 29.5. The summed E-state index contributed by atoms with van der Waals surface area (Å²) in [6.07, 6.45) is 3.18. The van der Waals surface area contributed by atoms with E-state index in [9.17, 15) is 9.59 Å². The molecule has 4 heterocycles. The number of hydrogen-bond acceptors (Lipinski definition) is 7. The minimum absolute atomic E-state index is 0.0306. The Labute approximate surface area is 289 Å². The van der Waals surface area contributed by atoms with Gasteiger partial charge in [0.2, 0.25) is 5.91 Å². The lowest BCUT2D eigenvalue weighted by molar-refractivity contribution is -0.128. The Morgan fingerprint density at radius 1 is 1.04 bits per heavy atom. The van der Waals surface area contributed by atoms with Gasteiger partial charge in [-0.2, -0.15) is 4.98 Å². The molecular weight excluding hydrogens is 622 g/mol. The molecule has 1 aliphatic heterocycles. The van der Waals surface area contributed by atoms with E-state index in [1.807, 2.05) is 55.3 Å². The quantitative estimate of drug-likeness (QED) is 0.165. The van der Waals surface area contributed by atoms with Crippen LogP contribution in [0.25, 0.3) is 28.0 Å². The summed E-state index contributed by atoms with van der Waals surface area (Å²) in [6, 6.07) is 11.8. The lowest BCUT2D eigenvalue weighted by Gasteiger charge is -2.44. The third kappa shape index (κ3) is 6.63. The van der Waals surface area contributed by atoms with Gasteiger partial charge in [-0.15, -0.1) is 0 Å². The fourth-order valence-corrected chi connectivity index (χ4v) is 7.04. The molecular formula is C38H48ClN7O2. The first kappa shape index (κ1) is 35.2. The van der Waals surface area contributed by atoms with Crippen LogP contribution < -0.4 is 10.6 Å². The molecule has 9 nitrogen and oxygen atoms in total. The van der Waals surface area contributed by atoms with E-state index in [1.165, 1.54) is 6.08 Å². The second-order valence-electron chi connectivity index (χ2n) is 13.4. The normalized spacial score (nSPS) is 16.8. The van der Waals surface area contributed by atoms with E-state index in [-0.39, 0.29) is 29.8 Å². The van der Waals surface area contributed by atoms with Gasteiger partial charge in [-0.25, -0.2) is 14.3 Å². The number of carbonyl (C=O) groups is 1. The van der Waals surface area contributed by atoms with Crippen molar-refractivity contribution in [3.05, 3.63) is 87.6 Å². The standard InChI is InChI=1S/C38H48ClN7O2/c1-10-32(47)44-20-26(9)45(21-25(44)8)36-30-19-31(39)34(29-16-14-13-15-28(29)23(4)5)41-37(30)46(38(48)42-36)35-27(22-43(11-2)12-3)17-18-40-33(35)24(6)7/h10,13-19,23-26H,1,11-12,20-22H2,2-9H3. The summed E-state index contributed by atoms with van der Waals surface area (Å²) in [5, 5.41) is 1.14. The molecule has 4 aromatic rings. The Bertz CT molecular complexity index is 1880. The molecule has 10 heteroatoms. The third-order valence-corrected chi connectivity index (χ3v) is 9.74. The Morgan fingerprint density at radius 3 is 2.40 bits per heavy atom. The molecule has 0 saturated carbocycles. The number of aromatic nitrogens is 4. The van der Waals surface area contributed by atoms with Gasteiger partial charge in [0.15, 0.2) is 5.65 Å². The molecule has 0 N–H and O–H groups in total. The fraction of sp³-hybridized carbons (Fsp3) is 0.447. The van der Waals surface area contributed by atoms with Crippen molar-refractivity contribution in [2.45, 2.75) is 85.9 Å². The molecule has 5 rings (SSSR count). The minimum Gasteiger partial charge on any atom is -0.349 e. The number of halogens is 1. The van der Waals surface area contributed by atoms with E-state index >= 15 is 0 Å². The van der Waals surface area contributed by atoms with E-state index in [0.29, 0.717) is 52.9 Å². The third-order valence-electron chi connectivity index (χ3n) is 9.45. The van der Waals surface area contributed by atoms with Crippen molar-refractivity contribution in [3.63, 3.8) is 0 Å². The van der Waals surface area contributed by atoms with Gasteiger partial charge in [-0.3, -0.25) is 14.7 Å². The molecule has 1 amide bonds. The lowest BCUT2D eigenvalue weighted by Crippen LogP contribution is -2.58. The van der Waals surface area contributed by atoms with Crippen LogP contribution in [0.1, 0.15) is 84.0 Å². The number of hydrogen-bond donors (Lipinski definition) is 0. The molecule has 1 aliphatic rings. The van der Waals surface area contributed by atoms with Crippen molar-refractivity contribution in [2.75, 3.05) is 31.1 Å². The number of pyridine rings is 2. The molecule has 0 bridgehead atoms. The number of amides is 1. The van der Waals surface area contributed by atoms with Crippen LogP contribution in [0, 0.1) is 0 Å². The van der Waals surface area contributed by atoms with Gasteiger partial charge in [0, 0.05) is 43.5 Å². The van der Waals surface area contributed by atoms with Crippen molar-refractivity contribution < 1.29 is 4.79 Å². The number of rotatable bonds is 10. The zero-order valence-corrected chi connectivity index (χ0v) is 30.3. The average molecular weight is 670 g/mol. The second kappa shape index (κ2) is 14.6. The number of fused-ring (bicyclic) bond motifs is 1. The Kier molecular flexibility index (Phi) is 10.7. The number of anilines is 1. The molecule has 0 spiro atoms. The lowest BCUT2D eigenvalue weighted by atomic mass is 9.95. The Balaban J connectivity index is 1.86. The van der Waals surface area contributed by atoms with E-state index in [1.54, 1.807) is 4.57 Å². The molecule has 3 aromatic heterocycles. The highest BCUT2D eigenvalue weighted by Gasteiger charge is 2.34. The smallest absolute Gasteiger partial charge is 0.349 e. The summed E-state index contributed by atoms with van der Waals surface area (Å²) >= 11 is 7.15. The molecule has 0 aliphatic carbocycles. The second-order valence-corrected chi connectivity index (χ2v) is 13.8. The highest BCUT2D eigenvalue weighted by atomic mass is 35.5. The van der Waals surface area contributed by atoms with Gasteiger partial charge in [0.1, 0.15) is 5.82 Å². The van der Waals surface area contributed by atoms with Crippen molar-refractivity contribution in [1.29, 1.82) is 0 Å². The van der Waals surface area contributed by atoms with E-state index in [4.69, 9.17) is 26.6 Å². The minimum atomic E-state index is -0.435. The Morgan fingerprint density at radius 2 is 1.75 bits per heavy atom. The number of nitrogens with zero attached hydrogens (tertiary/aromatic N) is 7. The summed E-state index contributed by atoms with van der Waals surface area (Å²) in [5.74, 6) is 0.657. The predicted octanol–water partition coefficient (Wildman–Crippen LogP) is 7.20. The van der Waals surface area contributed by atoms with Crippen LogP contribution in [0.15, 0.2) is 60.0 Å². The van der Waals surface area contributed by atoms with Gasteiger partial charge in [0.05, 0.1) is 27.5 Å². The average Bonchev–Trinajstić information content (AvgIpc) is 3.07. The first-order valence-corrected chi connectivity index (χ1v) is 17.4. The summed E-state index contributed by atoms with van der Waals surface area (Å²) in [5.41, 5.74) is 5.20. The topological polar surface area (TPSA) is 87.5 Å². The van der Waals surface area contributed by atoms with Gasteiger partial charge in [0.25, 0.3) is 0 Å². The van der Waals surface area contributed by atoms with Crippen LogP contribution in [-0.2, 0) is 11.3 Å². The van der Waals surface area contributed by atoms with Crippen LogP contribution in [0.4, 0.5) is 5.82 Å². The van der Waals surface area contributed by atoms with Crippen LogP contribution in [0.3, 0.4) is 0 Å². The van der Waals surface area contributed by atoms with Crippen molar-refractivity contribution in [1.82, 2.24) is 29.3 Å². The number of piperazine rings is 1. The van der Waals surface area contributed by atoms with Crippen molar-refractivity contribution in [2.24, 2.45) is 0 Å². The van der Waals surface area contributed by atoms with Crippen LogP contribution in [0.5, 0.6) is 0 Å². The maximum atomic E-state index is 14.6. The highest BCUT2D eigenvalue weighted by molar-refractivity contribution is 6.34. The van der Waals surface area contributed by atoms with E-state index in [0.717, 1.165) is 35.5 Å². The molecule has 0 radical (unpaired) electrons. The van der Waals surface area contributed by atoms with E-state index < -0.39 is 5.69 Å². The maximum Gasteiger partial charge on any atom is 0.355 e. The van der Waals surface area contributed by atoms with Gasteiger partial charge >= 0.3 is 5.69 Å². The molecule has 1 fully saturated rings. The summed E-state index contributed by atoms with van der Waals surface area (Å²) in [4.78, 5) is 48.4. The monoisotopic (exact) mass is 669 g/mol. The first-order valence-electron chi connectivity index (χ1n) is 17.0. The van der Waals surface area contributed by atoms with Crippen molar-refractivity contribution in [3.8, 4) is 16.9 Å². The molecule has 2 unspecified atom stereocenters. The first-order chi connectivity index (χ1) is 22.9. The number of carbonyl (C=O) groups excluding carboxylic acids is 1. The van der Waals surface area contributed by atoms with Crippen LogP contribution >= 0.6 is 11.6 Å². The fourth-order valence-electron chi connectivity index (χ4n) is 6.79. The highest BCUT2D eigenvalue weighted by Crippen LogP contribution is 2.38. The zero-order chi connectivity index (χ0) is 34.9. The summed E-state index contributed by atoms with van der Waals surface area (Å²) in [7, 11) is 0. The predicted molar refractivity (Wildman–Crippen MR) is 196 cm³/mol. The SMILES string of the molecule is C=CC(=O)N1CC(C)N(c2nc(=O)n(-c3c(CN(CC)CC)ccnc3C(C)C)c3nc(-c4ccccc4C(C)C)c(Cl)cc23)CC1C. The van der Waals surface area contributed by atoms with Gasteiger partial charge < -0.3 is 9.80 Å². The van der Waals surface area contributed by atoms with Crippen LogP contribution in [-0.4, -0.2) is 73.5 Å². The summed E-state index contributed by atoms with van der Waals surface area (Å²) in [6.45, 7) is 23.8. The molecule has 1 saturated heterocycles. The van der Waals surface area contributed by atoms with Gasteiger partial charge in [-0.05, 0) is 68.1 Å². The molecule has 48 heavy (non-hydrogen) atoms. The van der Waals surface area contributed by atoms with Gasteiger partial charge in [-0.1, -0.05) is 84.0 Å². The largest absolute Gasteiger partial charge is 0.355 e. The molecule has 2 atom stereocenters.